The number of piperazine rings is 1. The highest BCUT2D eigenvalue weighted by molar-refractivity contribution is 5.97. The predicted octanol–water partition coefficient (Wildman–Crippen LogP) is 2.78. The first-order chi connectivity index (χ1) is 13.5. The molecule has 0 aromatic heterocycles. The van der Waals surface area contributed by atoms with E-state index in [-0.39, 0.29) is 29.0 Å². The zero-order valence-corrected chi connectivity index (χ0v) is 15.3. The van der Waals surface area contributed by atoms with Crippen molar-refractivity contribution in [2.45, 2.75) is 12.5 Å². The highest BCUT2D eigenvalue weighted by Gasteiger charge is 2.32. The van der Waals surface area contributed by atoms with Crippen LogP contribution in [0.4, 0.5) is 4.39 Å². The van der Waals surface area contributed by atoms with Crippen LogP contribution in [0.15, 0.2) is 61.2 Å². The van der Waals surface area contributed by atoms with Gasteiger partial charge in [0.1, 0.15) is 11.9 Å². The summed E-state index contributed by atoms with van der Waals surface area (Å²) in [6.07, 6.45) is 1.88. The van der Waals surface area contributed by atoms with Crippen molar-refractivity contribution in [3.63, 3.8) is 0 Å². The summed E-state index contributed by atoms with van der Waals surface area (Å²) in [5.41, 5.74) is 1.24. The van der Waals surface area contributed by atoms with Crippen molar-refractivity contribution in [1.29, 1.82) is 5.26 Å². The Hall–Kier alpha value is -3.46. The first-order valence-corrected chi connectivity index (χ1v) is 8.99. The van der Waals surface area contributed by atoms with E-state index in [0.29, 0.717) is 26.1 Å². The molecule has 1 aliphatic rings. The van der Waals surface area contributed by atoms with E-state index in [4.69, 9.17) is 0 Å². The van der Waals surface area contributed by atoms with Gasteiger partial charge in [-0.3, -0.25) is 9.59 Å². The third-order valence-electron chi connectivity index (χ3n) is 4.87. The number of carbonyl (C=O) groups excluding carboxylic acids is 2. The van der Waals surface area contributed by atoms with Gasteiger partial charge in [-0.2, -0.15) is 5.26 Å². The maximum absolute atomic E-state index is 13.4. The predicted molar refractivity (Wildman–Crippen MR) is 103 cm³/mol. The zero-order chi connectivity index (χ0) is 20.1. The van der Waals surface area contributed by atoms with E-state index in [9.17, 15) is 19.2 Å². The van der Waals surface area contributed by atoms with Crippen molar-refractivity contribution in [3.8, 4) is 6.07 Å². The molecule has 2 amide bonds. The first-order valence-electron chi connectivity index (χ1n) is 8.99. The number of nitriles is 1. The van der Waals surface area contributed by atoms with Crippen LogP contribution in [-0.2, 0) is 11.2 Å². The fourth-order valence-electron chi connectivity index (χ4n) is 3.47. The highest BCUT2D eigenvalue weighted by Crippen LogP contribution is 2.20. The number of nitrogens with zero attached hydrogens (tertiary/aromatic N) is 3. The molecule has 2 aromatic rings. The lowest BCUT2D eigenvalue weighted by Crippen LogP contribution is -2.57. The molecule has 1 fully saturated rings. The number of carbonyl (C=O) groups is 2. The fraction of sp³-hybridized carbons (Fsp3) is 0.227. The number of halogens is 1. The molecule has 5 nitrogen and oxygen atoms in total. The summed E-state index contributed by atoms with van der Waals surface area (Å²) in [5, 5.41) is 9.23. The van der Waals surface area contributed by atoms with Gasteiger partial charge in [0.2, 0.25) is 5.91 Å². The monoisotopic (exact) mass is 377 g/mol. The van der Waals surface area contributed by atoms with Gasteiger partial charge < -0.3 is 9.80 Å². The maximum Gasteiger partial charge on any atom is 0.255 e. The number of benzene rings is 2. The van der Waals surface area contributed by atoms with E-state index < -0.39 is 5.82 Å². The van der Waals surface area contributed by atoms with Crippen LogP contribution < -0.4 is 0 Å². The fourth-order valence-corrected chi connectivity index (χ4v) is 3.47. The Balaban J connectivity index is 1.84. The minimum absolute atomic E-state index is 0.00852. The van der Waals surface area contributed by atoms with Gasteiger partial charge in [-0.25, -0.2) is 4.39 Å². The zero-order valence-electron chi connectivity index (χ0n) is 15.3. The van der Waals surface area contributed by atoms with Gasteiger partial charge in [-0.1, -0.05) is 36.9 Å². The molecule has 0 saturated carbocycles. The van der Waals surface area contributed by atoms with Gasteiger partial charge in [-0.05, 0) is 36.3 Å². The lowest BCUT2D eigenvalue weighted by molar-refractivity contribution is -0.130. The molecule has 28 heavy (non-hydrogen) atoms. The van der Waals surface area contributed by atoms with Crippen LogP contribution in [-0.4, -0.2) is 47.3 Å². The molecule has 1 aliphatic heterocycles. The number of rotatable bonds is 4. The number of amides is 2. The third kappa shape index (κ3) is 4.09. The summed E-state index contributed by atoms with van der Waals surface area (Å²) in [6.45, 7) is 4.61. The highest BCUT2D eigenvalue weighted by atomic mass is 19.1. The summed E-state index contributed by atoms with van der Waals surface area (Å²) in [5.74, 6) is -1.07. The minimum Gasteiger partial charge on any atom is -0.335 e. The smallest absolute Gasteiger partial charge is 0.255 e. The molecule has 2 aromatic carbocycles. The first kappa shape index (κ1) is 19.3. The Kier molecular flexibility index (Phi) is 5.85. The number of hydrogen-bond donors (Lipinski definition) is 0. The second kappa shape index (κ2) is 8.49. The van der Waals surface area contributed by atoms with Crippen LogP contribution in [0.1, 0.15) is 21.5 Å². The Bertz CT molecular complexity index is 937. The minimum atomic E-state index is -0.559. The lowest BCUT2D eigenvalue weighted by Gasteiger charge is -2.41. The summed E-state index contributed by atoms with van der Waals surface area (Å²) >= 11 is 0. The molecule has 1 atom stereocenters. The van der Waals surface area contributed by atoms with E-state index in [0.717, 1.165) is 11.6 Å². The standard InChI is InChI=1S/C22H20FN3O2/c1-2-21(27)26-11-10-25(15-19(26)12-16-6-4-3-5-7-16)22(28)20-9-8-18(23)13-17(20)14-24/h2-9,13,19H,1,10-12,15H2/t19-/m0/s1. The molecule has 142 valence electrons. The van der Waals surface area contributed by atoms with Crippen molar-refractivity contribution in [3.05, 3.63) is 83.7 Å². The van der Waals surface area contributed by atoms with Crippen LogP contribution >= 0.6 is 0 Å². The molecular weight excluding hydrogens is 357 g/mol. The van der Waals surface area contributed by atoms with E-state index in [1.807, 2.05) is 36.4 Å². The third-order valence-corrected chi connectivity index (χ3v) is 4.87. The Labute approximate surface area is 163 Å². The van der Waals surface area contributed by atoms with Gasteiger partial charge in [0, 0.05) is 19.6 Å². The molecule has 0 N–H and O–H groups in total. The second-order valence-corrected chi connectivity index (χ2v) is 6.63. The Morgan fingerprint density at radius 3 is 2.64 bits per heavy atom. The topological polar surface area (TPSA) is 64.4 Å². The van der Waals surface area contributed by atoms with E-state index in [1.54, 1.807) is 9.80 Å². The molecule has 1 saturated heterocycles. The summed E-state index contributed by atoms with van der Waals surface area (Å²) in [6, 6.07) is 15.0. The van der Waals surface area contributed by atoms with Crippen LogP contribution in [0, 0.1) is 17.1 Å². The van der Waals surface area contributed by atoms with Gasteiger partial charge in [0.15, 0.2) is 0 Å². The summed E-state index contributed by atoms with van der Waals surface area (Å²) in [7, 11) is 0. The second-order valence-electron chi connectivity index (χ2n) is 6.63. The van der Waals surface area contributed by atoms with Crippen molar-refractivity contribution in [1.82, 2.24) is 9.80 Å². The molecular formula is C22H20FN3O2. The van der Waals surface area contributed by atoms with E-state index in [2.05, 4.69) is 6.58 Å². The molecule has 1 heterocycles. The molecule has 0 radical (unpaired) electrons. The molecule has 0 aliphatic carbocycles. The Morgan fingerprint density at radius 1 is 1.21 bits per heavy atom. The van der Waals surface area contributed by atoms with Crippen molar-refractivity contribution in [2.24, 2.45) is 0 Å². The van der Waals surface area contributed by atoms with E-state index in [1.165, 1.54) is 18.2 Å². The molecule has 0 bridgehead atoms. The van der Waals surface area contributed by atoms with Crippen LogP contribution in [0.25, 0.3) is 0 Å². The SMILES string of the molecule is C=CC(=O)N1CCN(C(=O)c2ccc(F)cc2C#N)C[C@@H]1Cc1ccccc1. The molecule has 3 rings (SSSR count). The molecule has 0 unspecified atom stereocenters. The van der Waals surface area contributed by atoms with Crippen LogP contribution in [0.2, 0.25) is 0 Å². The summed E-state index contributed by atoms with van der Waals surface area (Å²) < 4.78 is 13.4. The lowest BCUT2D eigenvalue weighted by atomic mass is 10.0. The van der Waals surface area contributed by atoms with Crippen molar-refractivity contribution >= 4 is 11.8 Å². The normalized spacial score (nSPS) is 16.4. The Morgan fingerprint density at radius 2 is 1.96 bits per heavy atom. The molecule has 6 heteroatoms. The van der Waals surface area contributed by atoms with Crippen LogP contribution in [0.5, 0.6) is 0 Å². The van der Waals surface area contributed by atoms with Gasteiger partial charge in [0.25, 0.3) is 5.91 Å². The average Bonchev–Trinajstić information content (AvgIpc) is 2.73. The molecule has 0 spiro atoms. The average molecular weight is 377 g/mol. The maximum atomic E-state index is 13.4. The van der Waals surface area contributed by atoms with Crippen molar-refractivity contribution < 1.29 is 14.0 Å². The quantitative estimate of drug-likeness (QED) is 0.770. The van der Waals surface area contributed by atoms with Gasteiger partial charge >= 0.3 is 0 Å². The van der Waals surface area contributed by atoms with Crippen molar-refractivity contribution in [2.75, 3.05) is 19.6 Å². The van der Waals surface area contributed by atoms with Gasteiger partial charge in [-0.15, -0.1) is 0 Å². The number of hydrogen-bond acceptors (Lipinski definition) is 3. The van der Waals surface area contributed by atoms with Gasteiger partial charge in [0.05, 0.1) is 17.2 Å². The van der Waals surface area contributed by atoms with Crippen LogP contribution in [0.3, 0.4) is 0 Å². The largest absolute Gasteiger partial charge is 0.335 e. The van der Waals surface area contributed by atoms with E-state index >= 15 is 0 Å². The summed E-state index contributed by atoms with van der Waals surface area (Å²) in [4.78, 5) is 28.6.